The molecule has 1 amide bonds. The Morgan fingerprint density at radius 2 is 1.81 bits per heavy atom. The Bertz CT molecular complexity index is 738. The van der Waals surface area contributed by atoms with E-state index in [0.717, 1.165) is 18.4 Å². The molecule has 4 unspecified atom stereocenters. The maximum absolute atomic E-state index is 13.0. The molecule has 2 aliphatic carbocycles. The molecule has 5 nitrogen and oxygen atoms in total. The molecule has 136 valence electrons. The molecule has 26 heavy (non-hydrogen) atoms. The van der Waals surface area contributed by atoms with Gasteiger partial charge in [0.25, 0.3) is 0 Å². The Morgan fingerprint density at radius 3 is 2.54 bits per heavy atom. The van der Waals surface area contributed by atoms with Crippen molar-refractivity contribution < 1.29 is 19.5 Å². The molecule has 3 rings (SSSR count). The summed E-state index contributed by atoms with van der Waals surface area (Å²) >= 11 is 0. The Kier molecular flexibility index (Phi) is 5.66. The third kappa shape index (κ3) is 4.10. The second-order valence-corrected chi connectivity index (χ2v) is 6.96. The average Bonchev–Trinajstić information content (AvgIpc) is 3.05. The van der Waals surface area contributed by atoms with Gasteiger partial charge in [0.2, 0.25) is 5.91 Å². The van der Waals surface area contributed by atoms with E-state index >= 15 is 0 Å². The summed E-state index contributed by atoms with van der Waals surface area (Å²) in [5.74, 6) is -2.50. The number of fused-ring (bicyclic) bond motifs is 1. The summed E-state index contributed by atoms with van der Waals surface area (Å²) in [6, 6.07) is 8.75. The van der Waals surface area contributed by atoms with Crippen molar-refractivity contribution in [2.75, 3.05) is 0 Å². The molecule has 4 atom stereocenters. The fraction of sp³-hybridized carbons (Fsp3) is 0.381. The number of carboxylic acid groups (broad SMARTS) is 1. The van der Waals surface area contributed by atoms with E-state index in [2.05, 4.69) is 5.32 Å². The summed E-state index contributed by atoms with van der Waals surface area (Å²) in [5, 5.41) is 12.2. The highest BCUT2D eigenvalue weighted by molar-refractivity contribution is 5.98. The number of benzene rings is 1. The van der Waals surface area contributed by atoms with Gasteiger partial charge in [-0.15, -0.1) is 0 Å². The summed E-state index contributed by atoms with van der Waals surface area (Å²) in [6.45, 7) is 0. The van der Waals surface area contributed by atoms with Crippen molar-refractivity contribution in [2.45, 2.75) is 31.7 Å². The molecule has 0 bridgehead atoms. The minimum Gasteiger partial charge on any atom is -0.481 e. The van der Waals surface area contributed by atoms with Crippen LogP contribution in [0.5, 0.6) is 0 Å². The Morgan fingerprint density at radius 1 is 1.08 bits per heavy atom. The van der Waals surface area contributed by atoms with Gasteiger partial charge in [-0.05, 0) is 43.2 Å². The minimum absolute atomic E-state index is 0.0550. The van der Waals surface area contributed by atoms with Gasteiger partial charge >= 0.3 is 5.97 Å². The van der Waals surface area contributed by atoms with Crippen molar-refractivity contribution in [1.82, 2.24) is 5.32 Å². The molecule has 0 saturated heterocycles. The van der Waals surface area contributed by atoms with Gasteiger partial charge in [0.1, 0.15) is 0 Å². The van der Waals surface area contributed by atoms with Crippen molar-refractivity contribution in [3.8, 4) is 0 Å². The molecule has 0 heterocycles. The second kappa shape index (κ2) is 8.13. The molecule has 2 N–H and O–H groups in total. The Hall–Kier alpha value is -2.69. The number of amides is 1. The van der Waals surface area contributed by atoms with Gasteiger partial charge in [0.05, 0.1) is 12.0 Å². The lowest BCUT2D eigenvalue weighted by molar-refractivity contribution is -0.146. The van der Waals surface area contributed by atoms with E-state index in [9.17, 15) is 19.5 Å². The molecule has 0 spiro atoms. The first-order valence-corrected chi connectivity index (χ1v) is 9.01. The average molecular weight is 353 g/mol. The van der Waals surface area contributed by atoms with Crippen LogP contribution in [0.25, 0.3) is 6.08 Å². The van der Waals surface area contributed by atoms with Crippen molar-refractivity contribution >= 4 is 23.7 Å². The zero-order valence-corrected chi connectivity index (χ0v) is 14.5. The quantitative estimate of drug-likeness (QED) is 0.644. The van der Waals surface area contributed by atoms with Crippen LogP contribution in [0.2, 0.25) is 0 Å². The number of Topliss-reactive ketones (excluding diaryl/α,β-unsaturated/α-hetero) is 1. The molecule has 5 heteroatoms. The molecule has 1 saturated carbocycles. The SMILES string of the molecule is O=C(C=Cc1ccccc1)NC1C/C=C\CC2CCC(C(=O)O)C2C1=O. The molecule has 1 fully saturated rings. The third-order valence-corrected chi connectivity index (χ3v) is 5.30. The topological polar surface area (TPSA) is 83.5 Å². The maximum Gasteiger partial charge on any atom is 0.307 e. The first-order chi connectivity index (χ1) is 12.6. The number of nitrogens with one attached hydrogen (secondary N) is 1. The first-order valence-electron chi connectivity index (χ1n) is 9.01. The summed E-state index contributed by atoms with van der Waals surface area (Å²) < 4.78 is 0. The van der Waals surface area contributed by atoms with Crippen LogP contribution in [0.4, 0.5) is 0 Å². The van der Waals surface area contributed by atoms with E-state index in [0.29, 0.717) is 12.8 Å². The van der Waals surface area contributed by atoms with Crippen LogP contribution in [0.15, 0.2) is 48.6 Å². The van der Waals surface area contributed by atoms with Crippen molar-refractivity contribution in [3.63, 3.8) is 0 Å². The van der Waals surface area contributed by atoms with Crippen LogP contribution >= 0.6 is 0 Å². The van der Waals surface area contributed by atoms with Gasteiger partial charge in [-0.1, -0.05) is 42.5 Å². The van der Waals surface area contributed by atoms with E-state index in [4.69, 9.17) is 0 Å². The number of carboxylic acids is 1. The maximum atomic E-state index is 13.0. The molecular weight excluding hydrogens is 330 g/mol. The number of ketones is 1. The number of allylic oxidation sites excluding steroid dienone is 1. The van der Waals surface area contributed by atoms with Crippen LogP contribution in [-0.2, 0) is 14.4 Å². The smallest absolute Gasteiger partial charge is 0.307 e. The van der Waals surface area contributed by atoms with E-state index in [1.807, 2.05) is 42.5 Å². The van der Waals surface area contributed by atoms with E-state index in [1.165, 1.54) is 6.08 Å². The van der Waals surface area contributed by atoms with E-state index in [-0.39, 0.29) is 17.6 Å². The standard InChI is InChI=1S/C21H23NO4/c23-18(13-10-14-6-2-1-3-7-14)22-17-9-5-4-8-15-11-12-16(21(25)26)19(15)20(17)24/h1-7,10,13,15-17,19H,8-9,11-12H2,(H,22,23)(H,25,26)/b5-4-,13-10?. The number of carbonyl (C=O) groups excluding carboxylic acids is 2. The first kappa shape index (κ1) is 18.1. The number of aliphatic carboxylic acids is 1. The van der Waals surface area contributed by atoms with Gasteiger partial charge in [-0.2, -0.15) is 0 Å². The molecular formula is C21H23NO4. The summed E-state index contributed by atoms with van der Waals surface area (Å²) in [7, 11) is 0. The van der Waals surface area contributed by atoms with Crippen molar-refractivity contribution in [3.05, 3.63) is 54.1 Å². The highest BCUT2D eigenvalue weighted by Crippen LogP contribution is 2.41. The fourth-order valence-electron chi connectivity index (χ4n) is 3.99. The largest absolute Gasteiger partial charge is 0.481 e. The Labute approximate surface area is 152 Å². The molecule has 1 aromatic carbocycles. The van der Waals surface area contributed by atoms with Gasteiger partial charge in [0.15, 0.2) is 5.78 Å². The number of carbonyl (C=O) groups is 3. The van der Waals surface area contributed by atoms with Crippen LogP contribution in [0, 0.1) is 17.8 Å². The number of hydrogen-bond donors (Lipinski definition) is 2. The van der Waals surface area contributed by atoms with Crippen LogP contribution in [0.1, 0.15) is 31.2 Å². The normalized spacial score (nSPS) is 29.6. The molecule has 0 aliphatic heterocycles. The second-order valence-electron chi connectivity index (χ2n) is 6.96. The molecule has 1 aromatic rings. The zero-order valence-electron chi connectivity index (χ0n) is 14.5. The van der Waals surface area contributed by atoms with Gasteiger partial charge < -0.3 is 10.4 Å². The van der Waals surface area contributed by atoms with Crippen molar-refractivity contribution in [2.24, 2.45) is 17.8 Å². The van der Waals surface area contributed by atoms with Crippen molar-refractivity contribution in [1.29, 1.82) is 0 Å². The third-order valence-electron chi connectivity index (χ3n) is 5.30. The Balaban J connectivity index is 1.71. The predicted octanol–water partition coefficient (Wildman–Crippen LogP) is 2.83. The molecule has 0 aromatic heterocycles. The summed E-state index contributed by atoms with van der Waals surface area (Å²) in [6.07, 6.45) is 9.42. The highest BCUT2D eigenvalue weighted by Gasteiger charge is 2.46. The predicted molar refractivity (Wildman–Crippen MR) is 98.1 cm³/mol. The molecule has 0 radical (unpaired) electrons. The summed E-state index contributed by atoms with van der Waals surface area (Å²) in [4.78, 5) is 36.7. The van der Waals surface area contributed by atoms with Crippen LogP contribution < -0.4 is 5.32 Å². The monoisotopic (exact) mass is 353 g/mol. The fourth-order valence-corrected chi connectivity index (χ4v) is 3.99. The zero-order chi connectivity index (χ0) is 18.5. The number of rotatable bonds is 4. The van der Waals surface area contributed by atoms with Gasteiger partial charge in [-0.25, -0.2) is 0 Å². The van der Waals surface area contributed by atoms with Crippen LogP contribution in [0.3, 0.4) is 0 Å². The lowest BCUT2D eigenvalue weighted by Crippen LogP contribution is -2.46. The number of hydrogen-bond acceptors (Lipinski definition) is 3. The van der Waals surface area contributed by atoms with Gasteiger partial charge in [0, 0.05) is 12.0 Å². The van der Waals surface area contributed by atoms with Gasteiger partial charge in [-0.3, -0.25) is 14.4 Å². The van der Waals surface area contributed by atoms with E-state index in [1.54, 1.807) is 6.08 Å². The summed E-state index contributed by atoms with van der Waals surface area (Å²) in [5.41, 5.74) is 0.897. The minimum atomic E-state index is -0.913. The van der Waals surface area contributed by atoms with E-state index < -0.39 is 23.8 Å². The molecule has 2 aliphatic rings. The highest BCUT2D eigenvalue weighted by atomic mass is 16.4. The van der Waals surface area contributed by atoms with Crippen LogP contribution in [-0.4, -0.2) is 28.8 Å². The lowest BCUT2D eigenvalue weighted by atomic mass is 9.79. The lowest BCUT2D eigenvalue weighted by Gasteiger charge is -2.27.